The van der Waals surface area contributed by atoms with Crippen molar-refractivity contribution in [2.24, 2.45) is 0 Å². The highest BCUT2D eigenvalue weighted by molar-refractivity contribution is 5.95. The highest BCUT2D eigenvalue weighted by Crippen LogP contribution is 2.44. The fraction of sp³-hybridized carbons (Fsp3) is 0.350. The van der Waals surface area contributed by atoms with Crippen LogP contribution in [0.1, 0.15) is 40.7 Å². The SMILES string of the molecule is COC(=O)c1ccnc(Oc2c(C(F)(F)F)ccc(NC3CCCCO3)c2C=N)c1[N+](=O)[O-]. The molecule has 1 aromatic carbocycles. The van der Waals surface area contributed by atoms with Gasteiger partial charge in [-0.3, -0.25) is 10.1 Å². The third-order valence-corrected chi connectivity index (χ3v) is 4.82. The summed E-state index contributed by atoms with van der Waals surface area (Å²) in [6.07, 6.45) is -1.52. The topological polar surface area (TPSA) is 137 Å². The lowest BCUT2D eigenvalue weighted by atomic mass is 10.1. The molecule has 0 amide bonds. The van der Waals surface area contributed by atoms with Gasteiger partial charge in [-0.2, -0.15) is 13.2 Å². The number of nitrogens with zero attached hydrogens (tertiary/aromatic N) is 2. The Bertz CT molecular complexity index is 1070. The van der Waals surface area contributed by atoms with Gasteiger partial charge in [0.05, 0.1) is 23.2 Å². The number of rotatable bonds is 7. The van der Waals surface area contributed by atoms with Crippen molar-refractivity contribution in [1.29, 1.82) is 5.41 Å². The zero-order valence-electron chi connectivity index (χ0n) is 17.3. The molecule has 0 aliphatic carbocycles. The molecule has 1 atom stereocenters. The van der Waals surface area contributed by atoms with E-state index in [1.165, 1.54) is 0 Å². The van der Waals surface area contributed by atoms with E-state index in [1.807, 2.05) is 0 Å². The van der Waals surface area contributed by atoms with Crippen molar-refractivity contribution in [3.8, 4) is 11.6 Å². The van der Waals surface area contributed by atoms with E-state index in [9.17, 15) is 28.1 Å². The summed E-state index contributed by atoms with van der Waals surface area (Å²) < 4.78 is 56.6. The number of nitro groups is 1. The molecule has 176 valence electrons. The molecule has 2 heterocycles. The van der Waals surface area contributed by atoms with E-state index in [2.05, 4.69) is 15.0 Å². The van der Waals surface area contributed by atoms with Crippen LogP contribution in [0.2, 0.25) is 0 Å². The summed E-state index contributed by atoms with van der Waals surface area (Å²) in [7, 11) is 0.990. The summed E-state index contributed by atoms with van der Waals surface area (Å²) >= 11 is 0. The molecule has 0 bridgehead atoms. The summed E-state index contributed by atoms with van der Waals surface area (Å²) in [5.74, 6) is -2.83. The number of carbonyl (C=O) groups is 1. The molecule has 1 fully saturated rings. The molecule has 0 radical (unpaired) electrons. The number of alkyl halides is 3. The largest absolute Gasteiger partial charge is 0.465 e. The predicted molar refractivity (Wildman–Crippen MR) is 109 cm³/mol. The van der Waals surface area contributed by atoms with Crippen LogP contribution in [0.25, 0.3) is 0 Å². The first-order chi connectivity index (χ1) is 15.7. The molecule has 13 heteroatoms. The number of nitrogens with one attached hydrogen (secondary N) is 2. The zero-order valence-corrected chi connectivity index (χ0v) is 17.3. The second kappa shape index (κ2) is 9.81. The van der Waals surface area contributed by atoms with Crippen molar-refractivity contribution in [3.05, 3.63) is 51.2 Å². The van der Waals surface area contributed by atoms with E-state index in [1.54, 1.807) is 0 Å². The number of hydrogen-bond donors (Lipinski definition) is 2. The number of carbonyl (C=O) groups excluding carboxylic acids is 1. The lowest BCUT2D eigenvalue weighted by Gasteiger charge is -2.26. The Morgan fingerprint density at radius 2 is 2.12 bits per heavy atom. The Morgan fingerprint density at radius 1 is 1.36 bits per heavy atom. The Labute approximate surface area is 185 Å². The molecule has 1 unspecified atom stereocenters. The number of methoxy groups -OCH3 is 1. The average molecular weight is 468 g/mol. The second-order valence-corrected chi connectivity index (χ2v) is 6.91. The molecule has 2 N–H and O–H groups in total. The number of esters is 1. The fourth-order valence-electron chi connectivity index (χ4n) is 3.29. The first-order valence-corrected chi connectivity index (χ1v) is 9.69. The summed E-state index contributed by atoms with van der Waals surface area (Å²) in [4.78, 5) is 26.2. The minimum atomic E-state index is -4.91. The van der Waals surface area contributed by atoms with Crippen LogP contribution in [0.5, 0.6) is 11.6 Å². The molecule has 0 spiro atoms. The summed E-state index contributed by atoms with van der Waals surface area (Å²) in [6, 6.07) is 2.83. The summed E-state index contributed by atoms with van der Waals surface area (Å²) in [5.41, 5.74) is -3.02. The average Bonchev–Trinajstić information content (AvgIpc) is 2.78. The molecule has 2 aromatic rings. The van der Waals surface area contributed by atoms with Crippen molar-refractivity contribution in [2.75, 3.05) is 19.0 Å². The van der Waals surface area contributed by atoms with Gasteiger partial charge in [-0.05, 0) is 37.5 Å². The highest BCUT2D eigenvalue weighted by Gasteiger charge is 2.38. The monoisotopic (exact) mass is 468 g/mol. The number of halogens is 3. The van der Waals surface area contributed by atoms with Crippen LogP contribution in [-0.2, 0) is 15.7 Å². The minimum Gasteiger partial charge on any atom is -0.465 e. The van der Waals surface area contributed by atoms with E-state index in [-0.39, 0.29) is 11.3 Å². The van der Waals surface area contributed by atoms with Gasteiger partial charge in [0.25, 0.3) is 0 Å². The molecule has 1 aromatic heterocycles. The maximum Gasteiger partial charge on any atom is 0.420 e. The second-order valence-electron chi connectivity index (χ2n) is 6.91. The molecule has 33 heavy (non-hydrogen) atoms. The molecule has 1 aliphatic rings. The van der Waals surface area contributed by atoms with Gasteiger partial charge in [0.15, 0.2) is 5.75 Å². The van der Waals surface area contributed by atoms with Crippen molar-refractivity contribution < 1.29 is 37.1 Å². The van der Waals surface area contributed by atoms with E-state index < -0.39 is 51.7 Å². The predicted octanol–water partition coefficient (Wildman–Crippen LogP) is 4.52. The third-order valence-electron chi connectivity index (χ3n) is 4.82. The van der Waals surface area contributed by atoms with Crippen LogP contribution in [-0.4, -0.2) is 42.0 Å². The Kier molecular flexibility index (Phi) is 7.11. The maximum absolute atomic E-state index is 13.8. The number of hydrogen-bond acceptors (Lipinski definition) is 9. The van der Waals surface area contributed by atoms with Gasteiger partial charge in [-0.15, -0.1) is 0 Å². The van der Waals surface area contributed by atoms with E-state index >= 15 is 0 Å². The maximum atomic E-state index is 13.8. The standard InChI is InChI=1S/C20H19F3N4O6/c1-31-19(28)11-7-8-25-18(16(11)27(29)30)33-17-12(10-24)14(6-5-13(17)20(21,22)23)26-15-4-2-3-9-32-15/h5-8,10,15,24,26H,2-4,9H2,1H3. The lowest BCUT2D eigenvalue weighted by molar-refractivity contribution is -0.386. The number of aromatic nitrogens is 1. The van der Waals surface area contributed by atoms with Gasteiger partial charge >= 0.3 is 23.7 Å². The Morgan fingerprint density at radius 3 is 2.70 bits per heavy atom. The van der Waals surface area contributed by atoms with Gasteiger partial charge in [0, 0.05) is 24.7 Å². The third kappa shape index (κ3) is 5.19. The van der Waals surface area contributed by atoms with Gasteiger partial charge < -0.3 is 24.9 Å². The molecule has 0 saturated carbocycles. The fourth-order valence-corrected chi connectivity index (χ4v) is 3.29. The van der Waals surface area contributed by atoms with Crippen molar-refractivity contribution in [1.82, 2.24) is 4.98 Å². The van der Waals surface area contributed by atoms with Crippen LogP contribution in [0.15, 0.2) is 24.4 Å². The Balaban J connectivity index is 2.15. The summed E-state index contributed by atoms with van der Waals surface area (Å²) in [6.45, 7) is 0.470. The zero-order chi connectivity index (χ0) is 24.2. The van der Waals surface area contributed by atoms with Crippen LogP contribution in [0, 0.1) is 15.5 Å². The normalized spacial score (nSPS) is 16.1. The first-order valence-electron chi connectivity index (χ1n) is 9.69. The van der Waals surface area contributed by atoms with E-state index in [0.29, 0.717) is 19.2 Å². The quantitative estimate of drug-likeness (QED) is 0.262. The van der Waals surface area contributed by atoms with Crippen molar-refractivity contribution >= 4 is 23.6 Å². The minimum absolute atomic E-state index is 0.103. The van der Waals surface area contributed by atoms with E-state index in [4.69, 9.17) is 14.9 Å². The number of ether oxygens (including phenoxy) is 3. The van der Waals surface area contributed by atoms with Crippen LogP contribution >= 0.6 is 0 Å². The van der Waals surface area contributed by atoms with Gasteiger partial charge in [0.1, 0.15) is 11.8 Å². The van der Waals surface area contributed by atoms with Crippen molar-refractivity contribution in [3.63, 3.8) is 0 Å². The molecular formula is C20H19F3N4O6. The molecule has 1 saturated heterocycles. The van der Waals surface area contributed by atoms with Crippen molar-refractivity contribution in [2.45, 2.75) is 31.7 Å². The smallest absolute Gasteiger partial charge is 0.420 e. The molecule has 10 nitrogen and oxygen atoms in total. The molecule has 3 rings (SSSR count). The lowest BCUT2D eigenvalue weighted by Crippen LogP contribution is -2.28. The first kappa shape index (κ1) is 23.9. The van der Waals surface area contributed by atoms with E-state index in [0.717, 1.165) is 44.3 Å². The van der Waals surface area contributed by atoms with Gasteiger partial charge in [-0.25, -0.2) is 9.78 Å². The van der Waals surface area contributed by atoms with Crippen LogP contribution < -0.4 is 10.1 Å². The summed E-state index contributed by atoms with van der Waals surface area (Å²) in [5, 5.41) is 22.2. The number of pyridine rings is 1. The molecular weight excluding hydrogens is 449 g/mol. The number of anilines is 1. The van der Waals surface area contributed by atoms with Crippen LogP contribution in [0.3, 0.4) is 0 Å². The van der Waals surface area contributed by atoms with Gasteiger partial charge in [-0.1, -0.05) is 0 Å². The van der Waals surface area contributed by atoms with Crippen LogP contribution in [0.4, 0.5) is 24.5 Å². The van der Waals surface area contributed by atoms with Gasteiger partial charge in [0.2, 0.25) is 0 Å². The highest BCUT2D eigenvalue weighted by atomic mass is 19.4. The Hall–Kier alpha value is -3.74. The molecule has 1 aliphatic heterocycles. The number of benzene rings is 1.